The molecule has 1 N–H and O–H groups in total. The van der Waals surface area contributed by atoms with Crippen molar-refractivity contribution in [1.29, 1.82) is 0 Å². The van der Waals surface area contributed by atoms with Crippen molar-refractivity contribution in [3.05, 3.63) is 83.7 Å². The molecule has 6 nitrogen and oxygen atoms in total. The van der Waals surface area contributed by atoms with E-state index >= 15 is 0 Å². The second-order valence-corrected chi connectivity index (χ2v) is 6.80. The molecule has 2 aliphatic heterocycles. The van der Waals surface area contributed by atoms with Gasteiger partial charge in [-0.1, -0.05) is 24.3 Å². The number of para-hydroxylation sites is 1. The molecule has 0 saturated heterocycles. The lowest BCUT2D eigenvalue weighted by molar-refractivity contribution is -0.0218. The van der Waals surface area contributed by atoms with Gasteiger partial charge < -0.3 is 14.6 Å². The topological polar surface area (TPSA) is 67.2 Å². The average Bonchev–Trinajstić information content (AvgIpc) is 3.20. The van der Waals surface area contributed by atoms with Crippen LogP contribution in [0.1, 0.15) is 35.5 Å². The summed E-state index contributed by atoms with van der Waals surface area (Å²) < 4.78 is 11.5. The third kappa shape index (κ3) is 2.65. The maximum Gasteiger partial charge on any atom is 0.230 e. The van der Waals surface area contributed by atoms with Gasteiger partial charge in [-0.15, -0.1) is 0 Å². The van der Waals surface area contributed by atoms with E-state index in [4.69, 9.17) is 14.6 Å². The number of nitrogens with zero attached hydrogens (tertiary/aromatic N) is 3. The molecule has 0 saturated carbocycles. The summed E-state index contributed by atoms with van der Waals surface area (Å²) >= 11 is 0. The molecular formula is C22H19N3O3. The SMILES string of the molecule is COc1cc(C2=NN3C(C2)c2ccccc2OC3c2ccccn2)ccc1O. The fraction of sp³-hybridized carbons (Fsp3) is 0.182. The van der Waals surface area contributed by atoms with Gasteiger partial charge >= 0.3 is 0 Å². The van der Waals surface area contributed by atoms with Crippen molar-refractivity contribution in [2.24, 2.45) is 5.10 Å². The molecule has 2 aromatic carbocycles. The molecule has 0 radical (unpaired) electrons. The average molecular weight is 373 g/mol. The molecule has 0 amide bonds. The molecular weight excluding hydrogens is 354 g/mol. The van der Waals surface area contributed by atoms with E-state index in [9.17, 15) is 5.11 Å². The van der Waals surface area contributed by atoms with Gasteiger partial charge in [0.2, 0.25) is 6.23 Å². The van der Waals surface area contributed by atoms with Gasteiger partial charge in [-0.25, -0.2) is 5.01 Å². The monoisotopic (exact) mass is 373 g/mol. The summed E-state index contributed by atoms with van der Waals surface area (Å²) in [6.45, 7) is 0. The molecule has 3 aromatic rings. The smallest absolute Gasteiger partial charge is 0.230 e. The summed E-state index contributed by atoms with van der Waals surface area (Å²) in [6.07, 6.45) is 2.11. The zero-order chi connectivity index (χ0) is 19.1. The maximum absolute atomic E-state index is 9.90. The highest BCUT2D eigenvalue weighted by Gasteiger charge is 2.41. The summed E-state index contributed by atoms with van der Waals surface area (Å²) in [4.78, 5) is 4.48. The fourth-order valence-corrected chi connectivity index (χ4v) is 3.78. The number of benzene rings is 2. The van der Waals surface area contributed by atoms with Crippen LogP contribution in [0, 0.1) is 0 Å². The molecule has 2 aliphatic rings. The highest BCUT2D eigenvalue weighted by atomic mass is 16.5. The molecule has 0 bridgehead atoms. The number of hydrazone groups is 1. The van der Waals surface area contributed by atoms with E-state index in [-0.39, 0.29) is 11.8 Å². The van der Waals surface area contributed by atoms with Gasteiger partial charge in [0.25, 0.3) is 0 Å². The second kappa shape index (κ2) is 6.56. The first-order valence-electron chi connectivity index (χ1n) is 9.14. The second-order valence-electron chi connectivity index (χ2n) is 6.80. The molecule has 0 spiro atoms. The van der Waals surface area contributed by atoms with Crippen molar-refractivity contribution in [1.82, 2.24) is 9.99 Å². The fourth-order valence-electron chi connectivity index (χ4n) is 3.78. The van der Waals surface area contributed by atoms with Crippen molar-refractivity contribution in [2.75, 3.05) is 7.11 Å². The van der Waals surface area contributed by atoms with Gasteiger partial charge in [-0.05, 0) is 36.4 Å². The molecule has 2 unspecified atom stereocenters. The van der Waals surface area contributed by atoms with Crippen LogP contribution in [0.4, 0.5) is 0 Å². The van der Waals surface area contributed by atoms with E-state index < -0.39 is 6.23 Å². The van der Waals surface area contributed by atoms with Crippen LogP contribution in [-0.4, -0.2) is 27.9 Å². The largest absolute Gasteiger partial charge is 0.504 e. The highest BCUT2D eigenvalue weighted by molar-refractivity contribution is 6.02. The van der Waals surface area contributed by atoms with Crippen molar-refractivity contribution in [3.8, 4) is 17.2 Å². The lowest BCUT2D eigenvalue weighted by atomic mass is 9.96. The minimum absolute atomic E-state index is 0.0618. The Labute approximate surface area is 162 Å². The van der Waals surface area contributed by atoms with Crippen LogP contribution in [0.25, 0.3) is 0 Å². The van der Waals surface area contributed by atoms with E-state index in [1.165, 1.54) is 0 Å². The van der Waals surface area contributed by atoms with Crippen molar-refractivity contribution >= 4 is 5.71 Å². The standard InChI is InChI=1S/C22H19N3O3/c1-27-21-12-14(9-10-19(21)26)17-13-18-15-6-2-3-8-20(15)28-22(25(18)24-17)16-7-4-5-11-23-16/h2-12,18,22,26H,13H2,1H3. The lowest BCUT2D eigenvalue weighted by Gasteiger charge is -2.37. The molecule has 2 atom stereocenters. The Balaban J connectivity index is 1.58. The number of ether oxygens (including phenoxy) is 2. The van der Waals surface area contributed by atoms with Crippen molar-refractivity contribution < 1.29 is 14.6 Å². The first-order valence-corrected chi connectivity index (χ1v) is 9.14. The number of rotatable bonds is 3. The van der Waals surface area contributed by atoms with E-state index in [2.05, 4.69) is 11.1 Å². The van der Waals surface area contributed by atoms with Gasteiger partial charge in [0.15, 0.2) is 11.5 Å². The summed E-state index contributed by atoms with van der Waals surface area (Å²) in [5.41, 5.74) is 3.76. The summed E-state index contributed by atoms with van der Waals surface area (Å²) in [6, 6.07) is 19.2. The van der Waals surface area contributed by atoms with Crippen LogP contribution >= 0.6 is 0 Å². The Morgan fingerprint density at radius 2 is 1.96 bits per heavy atom. The molecule has 6 heteroatoms. The van der Waals surface area contributed by atoms with Gasteiger partial charge in [-0.2, -0.15) is 5.10 Å². The van der Waals surface area contributed by atoms with Crippen LogP contribution in [0.3, 0.4) is 0 Å². The van der Waals surface area contributed by atoms with E-state index in [0.29, 0.717) is 5.75 Å². The first-order chi connectivity index (χ1) is 13.7. The number of phenolic OH excluding ortho intramolecular Hbond substituents is 1. The van der Waals surface area contributed by atoms with Crippen LogP contribution < -0.4 is 9.47 Å². The summed E-state index contributed by atoms with van der Waals surface area (Å²) in [5.74, 6) is 1.41. The van der Waals surface area contributed by atoms with Crippen molar-refractivity contribution in [2.45, 2.75) is 18.7 Å². The Hall–Kier alpha value is -3.54. The van der Waals surface area contributed by atoms with E-state index in [0.717, 1.165) is 34.7 Å². The maximum atomic E-state index is 9.90. The molecule has 140 valence electrons. The lowest BCUT2D eigenvalue weighted by Crippen LogP contribution is -2.34. The number of hydrogen-bond donors (Lipinski definition) is 1. The number of pyridine rings is 1. The summed E-state index contributed by atoms with van der Waals surface area (Å²) in [7, 11) is 1.54. The number of phenols is 1. The summed E-state index contributed by atoms with van der Waals surface area (Å²) in [5, 5.41) is 16.8. The minimum Gasteiger partial charge on any atom is -0.504 e. The molecule has 0 aliphatic carbocycles. The van der Waals surface area contributed by atoms with Crippen molar-refractivity contribution in [3.63, 3.8) is 0 Å². The number of hydrogen-bond acceptors (Lipinski definition) is 6. The third-order valence-electron chi connectivity index (χ3n) is 5.15. The number of fused-ring (bicyclic) bond motifs is 3. The Morgan fingerprint density at radius 3 is 2.79 bits per heavy atom. The predicted octanol–water partition coefficient (Wildman–Crippen LogP) is 4.04. The van der Waals surface area contributed by atoms with Gasteiger partial charge in [-0.3, -0.25) is 4.98 Å². The molecule has 1 aromatic heterocycles. The number of methoxy groups -OCH3 is 1. The Kier molecular flexibility index (Phi) is 3.90. The minimum atomic E-state index is -0.391. The highest BCUT2D eigenvalue weighted by Crippen LogP contribution is 2.47. The Morgan fingerprint density at radius 1 is 1.11 bits per heavy atom. The predicted molar refractivity (Wildman–Crippen MR) is 104 cm³/mol. The zero-order valence-electron chi connectivity index (χ0n) is 15.3. The van der Waals surface area contributed by atoms with Gasteiger partial charge in [0, 0.05) is 23.7 Å². The van der Waals surface area contributed by atoms with E-state index in [1.807, 2.05) is 53.5 Å². The van der Waals surface area contributed by atoms with Crippen LogP contribution in [0.5, 0.6) is 17.2 Å². The first kappa shape index (κ1) is 16.6. The molecule has 0 fully saturated rings. The van der Waals surface area contributed by atoms with E-state index in [1.54, 1.807) is 19.4 Å². The van der Waals surface area contributed by atoms with Crippen LogP contribution in [0.2, 0.25) is 0 Å². The quantitative estimate of drug-likeness (QED) is 0.751. The van der Waals surface area contributed by atoms with Gasteiger partial charge in [0.1, 0.15) is 11.4 Å². The molecule has 3 heterocycles. The normalized spacial score (nSPS) is 20.0. The Bertz CT molecular complexity index is 1050. The number of aromatic hydroxyl groups is 1. The molecule has 28 heavy (non-hydrogen) atoms. The molecule has 5 rings (SSSR count). The number of aromatic nitrogens is 1. The van der Waals surface area contributed by atoms with Crippen LogP contribution in [-0.2, 0) is 0 Å². The zero-order valence-corrected chi connectivity index (χ0v) is 15.3. The van der Waals surface area contributed by atoms with Crippen LogP contribution in [0.15, 0.2) is 72.0 Å². The van der Waals surface area contributed by atoms with Gasteiger partial charge in [0.05, 0.1) is 18.9 Å². The third-order valence-corrected chi connectivity index (χ3v) is 5.15.